The first kappa shape index (κ1) is 22.0. The van der Waals surface area contributed by atoms with E-state index >= 15 is 0 Å². The van der Waals surface area contributed by atoms with Crippen LogP contribution in [0.4, 0.5) is 8.78 Å². The summed E-state index contributed by atoms with van der Waals surface area (Å²) < 4.78 is 40.3. The van der Waals surface area contributed by atoms with E-state index in [2.05, 4.69) is 4.74 Å². The number of hydrogen-bond acceptors (Lipinski definition) is 4. The molecule has 0 N–H and O–H groups in total. The molecule has 0 heterocycles. The molecular formula is C25H22F2O4. The summed E-state index contributed by atoms with van der Waals surface area (Å²) in [5.41, 5.74) is 3.00. The molecule has 0 fully saturated rings. The van der Waals surface area contributed by atoms with Crippen molar-refractivity contribution < 1.29 is 27.8 Å². The second kappa shape index (κ2) is 10.4. The first-order chi connectivity index (χ1) is 14.9. The molecule has 3 aromatic carbocycles. The highest BCUT2D eigenvalue weighted by atomic mass is 19.3. The maximum absolute atomic E-state index is 12.4. The highest BCUT2D eigenvalue weighted by Crippen LogP contribution is 2.23. The zero-order valence-corrected chi connectivity index (χ0v) is 17.2. The third kappa shape index (κ3) is 6.40. The van der Waals surface area contributed by atoms with Gasteiger partial charge in [0.25, 0.3) is 0 Å². The van der Waals surface area contributed by atoms with E-state index in [4.69, 9.17) is 9.47 Å². The fourth-order valence-corrected chi connectivity index (χ4v) is 2.90. The number of carbonyl (C=O) groups excluding carboxylic acids is 1. The number of allylic oxidation sites excluding steroid dienone is 1. The Kier molecular flexibility index (Phi) is 7.38. The van der Waals surface area contributed by atoms with Crippen LogP contribution in [0.15, 0.2) is 72.8 Å². The maximum Gasteiger partial charge on any atom is 0.387 e. The van der Waals surface area contributed by atoms with Crippen molar-refractivity contribution in [2.24, 2.45) is 0 Å². The van der Waals surface area contributed by atoms with Gasteiger partial charge in [-0.25, -0.2) is 0 Å². The Balaban J connectivity index is 1.72. The highest BCUT2D eigenvalue weighted by molar-refractivity contribution is 6.07. The van der Waals surface area contributed by atoms with Crippen LogP contribution in [0.1, 0.15) is 27.0 Å². The summed E-state index contributed by atoms with van der Waals surface area (Å²) >= 11 is 0. The molecule has 3 aromatic rings. The predicted octanol–water partition coefficient (Wildman–Crippen LogP) is 6.08. The summed E-state index contributed by atoms with van der Waals surface area (Å²) in [7, 11) is 1.58. The van der Waals surface area contributed by atoms with Gasteiger partial charge in [0.05, 0.1) is 7.11 Å². The van der Waals surface area contributed by atoms with Crippen LogP contribution in [0.2, 0.25) is 0 Å². The monoisotopic (exact) mass is 424 g/mol. The molecule has 0 bridgehead atoms. The zero-order chi connectivity index (χ0) is 22.2. The normalized spacial score (nSPS) is 11.0. The molecule has 0 aliphatic heterocycles. The van der Waals surface area contributed by atoms with Crippen LogP contribution in [0, 0.1) is 6.92 Å². The lowest BCUT2D eigenvalue weighted by Crippen LogP contribution is -2.03. The van der Waals surface area contributed by atoms with Gasteiger partial charge in [0.15, 0.2) is 5.78 Å². The standard InChI is InChI=1S/C25H22F2O4/c1-17-6-10-21(11-7-17)30-16-20-14-18(9-13-24(20)29-2)8-12-23(28)19-4-3-5-22(15-19)31-25(26)27/h3-15,25H,16H2,1-2H3/b12-8+. The summed E-state index contributed by atoms with van der Waals surface area (Å²) in [4.78, 5) is 12.4. The molecular weight excluding hydrogens is 402 g/mol. The molecule has 0 saturated carbocycles. The van der Waals surface area contributed by atoms with Gasteiger partial charge in [-0.3, -0.25) is 4.79 Å². The van der Waals surface area contributed by atoms with Gasteiger partial charge in [-0.1, -0.05) is 42.0 Å². The molecule has 0 atom stereocenters. The minimum absolute atomic E-state index is 0.0609. The zero-order valence-electron chi connectivity index (χ0n) is 17.2. The average molecular weight is 424 g/mol. The molecule has 6 heteroatoms. The van der Waals surface area contributed by atoms with Gasteiger partial charge in [0.1, 0.15) is 23.9 Å². The molecule has 0 radical (unpaired) electrons. The molecule has 0 unspecified atom stereocenters. The van der Waals surface area contributed by atoms with Crippen LogP contribution in [-0.2, 0) is 6.61 Å². The van der Waals surface area contributed by atoms with E-state index < -0.39 is 6.61 Å². The summed E-state index contributed by atoms with van der Waals surface area (Å²) in [5.74, 6) is 1.03. The van der Waals surface area contributed by atoms with Gasteiger partial charge in [0.2, 0.25) is 0 Å². The van der Waals surface area contributed by atoms with Gasteiger partial charge in [0, 0.05) is 11.1 Å². The largest absolute Gasteiger partial charge is 0.496 e. The fraction of sp³-hybridized carbons (Fsp3) is 0.160. The van der Waals surface area contributed by atoms with Gasteiger partial charge in [-0.2, -0.15) is 8.78 Å². The first-order valence-electron chi connectivity index (χ1n) is 9.58. The minimum atomic E-state index is -2.94. The lowest BCUT2D eigenvalue weighted by molar-refractivity contribution is -0.0498. The Morgan fingerprint density at radius 3 is 2.48 bits per heavy atom. The highest BCUT2D eigenvalue weighted by Gasteiger charge is 2.09. The third-order valence-electron chi connectivity index (χ3n) is 4.49. The van der Waals surface area contributed by atoms with Crippen LogP contribution in [0.5, 0.6) is 17.2 Å². The van der Waals surface area contributed by atoms with Crippen molar-refractivity contribution in [2.75, 3.05) is 7.11 Å². The second-order valence-corrected chi connectivity index (χ2v) is 6.78. The lowest BCUT2D eigenvalue weighted by atomic mass is 10.1. The SMILES string of the molecule is COc1ccc(/C=C/C(=O)c2cccc(OC(F)F)c2)cc1COc1ccc(C)cc1. The second-order valence-electron chi connectivity index (χ2n) is 6.78. The predicted molar refractivity (Wildman–Crippen MR) is 115 cm³/mol. The number of alkyl halides is 2. The molecule has 0 aromatic heterocycles. The number of carbonyl (C=O) groups is 1. The number of rotatable bonds is 9. The summed E-state index contributed by atoms with van der Waals surface area (Å²) in [5, 5.41) is 0. The number of aryl methyl sites for hydroxylation is 1. The van der Waals surface area contributed by atoms with Gasteiger partial charge in [-0.15, -0.1) is 0 Å². The van der Waals surface area contributed by atoms with Crippen molar-refractivity contribution in [3.63, 3.8) is 0 Å². The lowest BCUT2D eigenvalue weighted by Gasteiger charge is -2.11. The van der Waals surface area contributed by atoms with Crippen LogP contribution < -0.4 is 14.2 Å². The molecule has 0 saturated heterocycles. The van der Waals surface area contributed by atoms with Crippen LogP contribution in [0.25, 0.3) is 6.08 Å². The number of methoxy groups -OCH3 is 1. The third-order valence-corrected chi connectivity index (χ3v) is 4.49. The molecule has 31 heavy (non-hydrogen) atoms. The van der Waals surface area contributed by atoms with Crippen molar-refractivity contribution >= 4 is 11.9 Å². The van der Waals surface area contributed by atoms with E-state index in [1.807, 2.05) is 43.3 Å². The summed E-state index contributed by atoms with van der Waals surface area (Å²) in [6.07, 6.45) is 3.03. The number of benzene rings is 3. The Bertz CT molecular complexity index is 1060. The smallest absolute Gasteiger partial charge is 0.387 e. The number of halogens is 2. The molecule has 4 nitrogen and oxygen atoms in total. The van der Waals surface area contributed by atoms with Crippen LogP contribution in [-0.4, -0.2) is 19.5 Å². The number of hydrogen-bond donors (Lipinski definition) is 0. The van der Waals surface area contributed by atoms with E-state index in [9.17, 15) is 13.6 Å². The summed E-state index contributed by atoms with van der Waals surface area (Å²) in [6, 6.07) is 18.9. The summed E-state index contributed by atoms with van der Waals surface area (Å²) in [6.45, 7) is -0.637. The van der Waals surface area contributed by atoms with Crippen LogP contribution in [0.3, 0.4) is 0 Å². The van der Waals surface area contributed by atoms with Gasteiger partial charge < -0.3 is 14.2 Å². The van der Waals surface area contributed by atoms with E-state index in [1.54, 1.807) is 25.3 Å². The van der Waals surface area contributed by atoms with Crippen molar-refractivity contribution in [1.82, 2.24) is 0 Å². The van der Waals surface area contributed by atoms with E-state index in [0.29, 0.717) is 12.4 Å². The molecule has 3 rings (SSSR count). The topological polar surface area (TPSA) is 44.8 Å². The average Bonchev–Trinajstić information content (AvgIpc) is 2.77. The van der Waals surface area contributed by atoms with Crippen molar-refractivity contribution in [3.05, 3.63) is 95.1 Å². The molecule has 0 amide bonds. The van der Waals surface area contributed by atoms with Crippen molar-refractivity contribution in [2.45, 2.75) is 20.1 Å². The van der Waals surface area contributed by atoms with E-state index in [1.165, 1.54) is 24.3 Å². The van der Waals surface area contributed by atoms with Gasteiger partial charge >= 0.3 is 6.61 Å². The maximum atomic E-state index is 12.4. The molecule has 0 aliphatic carbocycles. The Labute approximate surface area is 179 Å². The molecule has 0 aliphatic rings. The number of ketones is 1. The van der Waals surface area contributed by atoms with Crippen molar-refractivity contribution in [1.29, 1.82) is 0 Å². The Morgan fingerprint density at radius 2 is 1.77 bits per heavy atom. The number of ether oxygens (including phenoxy) is 3. The Hall–Kier alpha value is -3.67. The fourth-order valence-electron chi connectivity index (χ4n) is 2.90. The molecule has 0 spiro atoms. The molecule has 160 valence electrons. The Morgan fingerprint density at radius 1 is 1.00 bits per heavy atom. The minimum Gasteiger partial charge on any atom is -0.496 e. The first-order valence-corrected chi connectivity index (χ1v) is 9.58. The quantitative estimate of drug-likeness (QED) is 0.308. The van der Waals surface area contributed by atoms with Crippen molar-refractivity contribution in [3.8, 4) is 17.2 Å². The van der Waals surface area contributed by atoms with E-state index in [0.717, 1.165) is 22.4 Å². The van der Waals surface area contributed by atoms with E-state index in [-0.39, 0.29) is 17.1 Å². The van der Waals surface area contributed by atoms with Crippen LogP contribution >= 0.6 is 0 Å². The van der Waals surface area contributed by atoms with Gasteiger partial charge in [-0.05, 0) is 55.0 Å².